The summed E-state index contributed by atoms with van der Waals surface area (Å²) in [6, 6.07) is 20.1. The van der Waals surface area contributed by atoms with Gasteiger partial charge in [0.25, 0.3) is 0 Å². The summed E-state index contributed by atoms with van der Waals surface area (Å²) in [7, 11) is 1.52. The molecule has 0 bridgehead atoms. The van der Waals surface area contributed by atoms with Crippen LogP contribution in [0.3, 0.4) is 0 Å². The van der Waals surface area contributed by atoms with Crippen LogP contribution in [0.15, 0.2) is 60.7 Å². The quantitative estimate of drug-likeness (QED) is 0.513. The van der Waals surface area contributed by atoms with E-state index in [2.05, 4.69) is 24.3 Å². The topological polar surface area (TPSA) is 99.4 Å². The van der Waals surface area contributed by atoms with Crippen molar-refractivity contribution in [2.24, 2.45) is 0 Å². The number of methoxy groups -OCH3 is 1. The summed E-state index contributed by atoms with van der Waals surface area (Å²) in [5, 5.41) is 40.2. The van der Waals surface area contributed by atoms with Gasteiger partial charge in [-0.15, -0.1) is 0 Å². The van der Waals surface area contributed by atoms with Crippen LogP contribution in [0, 0.1) is 0 Å². The van der Waals surface area contributed by atoms with E-state index in [1.54, 1.807) is 6.07 Å². The van der Waals surface area contributed by atoms with E-state index >= 15 is 0 Å². The number of fused-ring (bicyclic) bond motifs is 1. The molecule has 1 fully saturated rings. The molecule has 1 heterocycles. The Hall–Kier alpha value is -2.48. The molecule has 0 unspecified atom stereocenters. The molecule has 1 aromatic rings. The average Bonchev–Trinajstić information content (AvgIpc) is 3.00. The maximum Gasteiger partial charge on any atom is 0.124 e. The molecule has 158 valence electrons. The predicted molar refractivity (Wildman–Crippen MR) is 112 cm³/mol. The van der Waals surface area contributed by atoms with Gasteiger partial charge < -0.3 is 29.9 Å². The summed E-state index contributed by atoms with van der Waals surface area (Å²) in [6.07, 6.45) is -5.42. The molecule has 2 aliphatic carbocycles. The molecule has 3 aliphatic rings. The lowest BCUT2D eigenvalue weighted by Crippen LogP contribution is -2.55. The van der Waals surface area contributed by atoms with Crippen LogP contribution >= 0.6 is 0 Å². The highest BCUT2D eigenvalue weighted by Crippen LogP contribution is 2.38. The van der Waals surface area contributed by atoms with Gasteiger partial charge in [0.15, 0.2) is 0 Å². The largest absolute Gasteiger partial charge is 0.496 e. The first-order chi connectivity index (χ1) is 14.5. The number of aliphatic hydroxyl groups excluding tert-OH is 4. The zero-order chi connectivity index (χ0) is 21.3. The Morgan fingerprint density at radius 2 is 1.53 bits per heavy atom. The van der Waals surface area contributed by atoms with Crippen LogP contribution in [0.1, 0.15) is 22.8 Å². The van der Waals surface area contributed by atoms with Crippen LogP contribution in [-0.4, -0.2) is 58.6 Å². The maximum atomic E-state index is 10.5. The van der Waals surface area contributed by atoms with Crippen molar-refractivity contribution < 1.29 is 29.9 Å². The van der Waals surface area contributed by atoms with E-state index in [1.165, 1.54) is 7.11 Å². The SMILES string of the molecule is COc1ccc(Cc2cc3cccccc-3c2)cc1[C@@H]1O[C@H](CO)[C@@H](O)[C@H](O)[C@H]1O. The first-order valence-corrected chi connectivity index (χ1v) is 9.97. The summed E-state index contributed by atoms with van der Waals surface area (Å²) in [4.78, 5) is 0. The molecule has 4 N–H and O–H groups in total. The molecule has 6 heteroatoms. The number of hydrogen-bond acceptors (Lipinski definition) is 6. The van der Waals surface area contributed by atoms with Crippen LogP contribution in [0.2, 0.25) is 0 Å². The van der Waals surface area contributed by atoms with Crippen molar-refractivity contribution >= 4 is 0 Å². The smallest absolute Gasteiger partial charge is 0.124 e. The van der Waals surface area contributed by atoms with Crippen molar-refractivity contribution in [3.8, 4) is 16.9 Å². The van der Waals surface area contributed by atoms with Gasteiger partial charge >= 0.3 is 0 Å². The highest BCUT2D eigenvalue weighted by atomic mass is 16.5. The van der Waals surface area contributed by atoms with E-state index < -0.39 is 37.1 Å². The summed E-state index contributed by atoms with van der Waals surface area (Å²) in [5.41, 5.74) is 5.04. The lowest BCUT2D eigenvalue weighted by Gasteiger charge is -2.40. The lowest BCUT2D eigenvalue weighted by molar-refractivity contribution is -0.232. The first kappa shape index (κ1) is 20.8. The molecule has 0 amide bonds. The van der Waals surface area contributed by atoms with Crippen molar-refractivity contribution in [1.82, 2.24) is 0 Å². The Bertz CT molecular complexity index is 941. The number of benzene rings is 1. The van der Waals surface area contributed by atoms with Crippen LogP contribution in [0.25, 0.3) is 11.1 Å². The number of hydrogen-bond donors (Lipinski definition) is 4. The zero-order valence-corrected chi connectivity index (χ0v) is 16.7. The Balaban J connectivity index is 1.66. The number of rotatable bonds is 5. The third-order valence-electron chi connectivity index (χ3n) is 5.69. The minimum Gasteiger partial charge on any atom is -0.496 e. The minimum absolute atomic E-state index is 0.471. The Morgan fingerprint density at radius 3 is 2.17 bits per heavy atom. The van der Waals surface area contributed by atoms with Gasteiger partial charge in [0.2, 0.25) is 0 Å². The molecule has 0 saturated carbocycles. The van der Waals surface area contributed by atoms with Gasteiger partial charge in [-0.05, 0) is 40.8 Å². The van der Waals surface area contributed by atoms with Crippen LogP contribution in [-0.2, 0) is 11.2 Å². The van der Waals surface area contributed by atoms with Crippen LogP contribution in [0.4, 0.5) is 0 Å². The molecule has 5 atom stereocenters. The average molecular weight is 410 g/mol. The van der Waals surface area contributed by atoms with E-state index in [0.717, 1.165) is 22.3 Å². The number of aliphatic hydroxyl groups is 4. The zero-order valence-electron chi connectivity index (χ0n) is 16.7. The molecule has 4 rings (SSSR count). The monoisotopic (exact) mass is 410 g/mol. The van der Waals surface area contributed by atoms with Crippen molar-refractivity contribution in [2.45, 2.75) is 36.9 Å². The summed E-state index contributed by atoms with van der Waals surface area (Å²) < 4.78 is 11.2. The van der Waals surface area contributed by atoms with E-state index in [4.69, 9.17) is 9.47 Å². The lowest BCUT2D eigenvalue weighted by atomic mass is 9.89. The van der Waals surface area contributed by atoms with E-state index in [0.29, 0.717) is 17.7 Å². The van der Waals surface area contributed by atoms with Crippen LogP contribution < -0.4 is 4.74 Å². The summed E-state index contributed by atoms with van der Waals surface area (Å²) >= 11 is 0. The standard InChI is InChI=1S/C24H26O6/c1-29-19-8-7-14(9-15-10-16-5-3-2-4-6-17(16)11-15)12-18(19)24-23(28)22(27)21(26)20(13-25)30-24/h2-8,10-12,20-28H,9,13H2,1H3/t20-,21-,22+,23-,24+/m1/s1. The Labute approximate surface area is 175 Å². The van der Waals surface area contributed by atoms with Crippen molar-refractivity contribution in [3.63, 3.8) is 0 Å². The molecular formula is C24H26O6. The molecule has 1 aliphatic heterocycles. The summed E-state index contributed by atoms with van der Waals surface area (Å²) in [6.45, 7) is -0.471. The van der Waals surface area contributed by atoms with Gasteiger partial charge in [0.1, 0.15) is 36.3 Å². The van der Waals surface area contributed by atoms with E-state index in [9.17, 15) is 20.4 Å². The minimum atomic E-state index is -1.43. The molecule has 1 saturated heterocycles. The predicted octanol–water partition coefficient (Wildman–Crippen LogP) is 1.91. The fourth-order valence-corrected chi connectivity index (χ4v) is 4.09. The van der Waals surface area contributed by atoms with Crippen molar-refractivity contribution in [3.05, 3.63) is 77.4 Å². The normalized spacial score (nSPS) is 26.6. The van der Waals surface area contributed by atoms with E-state index in [1.807, 2.05) is 30.3 Å². The fraction of sp³-hybridized carbons (Fsp3) is 0.333. The van der Waals surface area contributed by atoms with E-state index in [-0.39, 0.29) is 0 Å². The third-order valence-corrected chi connectivity index (χ3v) is 5.69. The van der Waals surface area contributed by atoms with Gasteiger partial charge in [0.05, 0.1) is 13.7 Å². The molecule has 0 aromatic heterocycles. The Morgan fingerprint density at radius 1 is 0.833 bits per heavy atom. The molecule has 6 nitrogen and oxygen atoms in total. The van der Waals surface area contributed by atoms with Gasteiger partial charge in [-0.2, -0.15) is 0 Å². The van der Waals surface area contributed by atoms with Crippen molar-refractivity contribution in [1.29, 1.82) is 0 Å². The van der Waals surface area contributed by atoms with Gasteiger partial charge in [0, 0.05) is 5.56 Å². The molecule has 0 radical (unpaired) electrons. The second-order valence-corrected chi connectivity index (χ2v) is 7.69. The van der Waals surface area contributed by atoms with Gasteiger partial charge in [-0.25, -0.2) is 0 Å². The first-order valence-electron chi connectivity index (χ1n) is 9.97. The van der Waals surface area contributed by atoms with Crippen molar-refractivity contribution in [2.75, 3.05) is 13.7 Å². The second-order valence-electron chi connectivity index (χ2n) is 7.69. The highest BCUT2D eigenvalue weighted by molar-refractivity contribution is 5.68. The fourth-order valence-electron chi connectivity index (χ4n) is 4.09. The molecule has 1 aromatic carbocycles. The van der Waals surface area contributed by atoms with Crippen LogP contribution in [0.5, 0.6) is 5.75 Å². The molecule has 0 spiro atoms. The van der Waals surface area contributed by atoms with Gasteiger partial charge in [-0.3, -0.25) is 0 Å². The maximum absolute atomic E-state index is 10.5. The second kappa shape index (κ2) is 8.71. The molecular weight excluding hydrogens is 384 g/mol. The highest BCUT2D eigenvalue weighted by Gasteiger charge is 2.44. The third kappa shape index (κ3) is 3.93. The summed E-state index contributed by atoms with van der Waals surface area (Å²) in [5.74, 6) is 0.503. The number of ether oxygens (including phenoxy) is 2. The molecule has 30 heavy (non-hydrogen) atoms. The Kier molecular flexibility index (Phi) is 6.04. The van der Waals surface area contributed by atoms with Gasteiger partial charge in [-0.1, -0.05) is 48.5 Å².